The van der Waals surface area contributed by atoms with Gasteiger partial charge >= 0.3 is 0 Å². The van der Waals surface area contributed by atoms with Gasteiger partial charge in [-0.05, 0) is 12.1 Å². The van der Waals surface area contributed by atoms with Gasteiger partial charge in [0.2, 0.25) is 4.91 Å². The molecule has 0 saturated carbocycles. The van der Waals surface area contributed by atoms with E-state index in [2.05, 4.69) is 15.1 Å². The molecule has 7 heteroatoms. The Morgan fingerprint density at radius 3 is 2.71 bits per heavy atom. The number of hydrogen-bond acceptors (Lipinski definition) is 4. The maximum atomic E-state index is 11.9. The molecule has 84 valence electrons. The molecule has 2 rings (SSSR count). The van der Waals surface area contributed by atoms with Crippen molar-refractivity contribution in [3.63, 3.8) is 0 Å². The Bertz CT molecular complexity index is 645. The average Bonchev–Trinajstić information content (AvgIpc) is 2.36. The zero-order chi connectivity index (χ0) is 12.3. The van der Waals surface area contributed by atoms with Crippen molar-refractivity contribution in [2.45, 2.75) is 0 Å². The number of halogens is 1. The molecule has 0 radical (unpaired) electrons. The van der Waals surface area contributed by atoms with Crippen LogP contribution in [0.3, 0.4) is 0 Å². The van der Waals surface area contributed by atoms with Crippen LogP contribution in [0.25, 0.3) is 5.69 Å². The van der Waals surface area contributed by atoms with Crippen molar-refractivity contribution >= 4 is 17.3 Å². The summed E-state index contributed by atoms with van der Waals surface area (Å²) in [7, 11) is 0. The van der Waals surface area contributed by atoms with Crippen LogP contribution in [0, 0.1) is 5.53 Å². The van der Waals surface area contributed by atoms with Gasteiger partial charge in [-0.25, -0.2) is 0 Å². The van der Waals surface area contributed by atoms with Crippen LogP contribution >= 0.6 is 11.6 Å². The van der Waals surface area contributed by atoms with Gasteiger partial charge in [0, 0.05) is 0 Å². The van der Waals surface area contributed by atoms with Crippen LogP contribution in [0.15, 0.2) is 46.4 Å². The number of aromatic nitrogens is 2. The third-order valence-corrected chi connectivity index (χ3v) is 2.41. The Morgan fingerprint density at radius 1 is 1.35 bits per heavy atom. The summed E-state index contributed by atoms with van der Waals surface area (Å²) in [6.07, 6.45) is 1.29. The van der Waals surface area contributed by atoms with Crippen molar-refractivity contribution < 1.29 is 0 Å². The highest BCUT2D eigenvalue weighted by Gasteiger charge is 2.12. The van der Waals surface area contributed by atoms with Crippen molar-refractivity contribution in [1.82, 2.24) is 14.7 Å². The molecule has 0 aliphatic heterocycles. The predicted molar refractivity (Wildman–Crippen MR) is 61.8 cm³/mol. The number of nitrogens with one attached hydrogen (secondary N) is 1. The molecule has 2 aromatic rings. The molecular formula is C10H7ClN5O+. The molecule has 6 nitrogen and oxygen atoms in total. The van der Waals surface area contributed by atoms with E-state index >= 15 is 0 Å². The Labute approximate surface area is 101 Å². The summed E-state index contributed by atoms with van der Waals surface area (Å²) in [5.41, 5.74) is 6.78. The van der Waals surface area contributed by atoms with Crippen molar-refractivity contribution in [3.8, 4) is 5.69 Å². The third kappa shape index (κ3) is 2.13. The molecule has 0 amide bonds. The number of para-hydroxylation sites is 1. The molecule has 1 heterocycles. The quantitative estimate of drug-likeness (QED) is 0.652. The SMILES string of the molecule is N=[N+]=Nc1cnn(-c2ccccc2)c(=O)c1Cl. The lowest BCUT2D eigenvalue weighted by Crippen LogP contribution is -2.20. The lowest BCUT2D eigenvalue weighted by molar-refractivity contribution is 0.803. The molecule has 0 fully saturated rings. The van der Waals surface area contributed by atoms with Gasteiger partial charge in [0.05, 0.1) is 11.9 Å². The highest BCUT2D eigenvalue weighted by molar-refractivity contribution is 6.32. The van der Waals surface area contributed by atoms with Crippen LogP contribution in [-0.4, -0.2) is 9.78 Å². The molecule has 1 N–H and O–H groups in total. The maximum Gasteiger partial charge on any atom is 0.292 e. The van der Waals surface area contributed by atoms with Crippen LogP contribution < -0.4 is 10.5 Å². The first-order valence-electron chi connectivity index (χ1n) is 4.65. The summed E-state index contributed by atoms with van der Waals surface area (Å²) in [5, 5.41) is 7.19. The number of nitrogens with zero attached hydrogens (tertiary/aromatic N) is 4. The lowest BCUT2D eigenvalue weighted by atomic mass is 10.3. The number of hydrogen-bond donors (Lipinski definition) is 1. The number of benzene rings is 1. The summed E-state index contributed by atoms with van der Waals surface area (Å²) in [5.74, 6) is 0. The van der Waals surface area contributed by atoms with Gasteiger partial charge in [-0.3, -0.25) is 4.79 Å². The van der Waals surface area contributed by atoms with Gasteiger partial charge in [0.25, 0.3) is 5.56 Å². The first-order valence-corrected chi connectivity index (χ1v) is 5.02. The van der Waals surface area contributed by atoms with E-state index in [1.807, 2.05) is 6.07 Å². The van der Waals surface area contributed by atoms with E-state index in [0.29, 0.717) is 5.69 Å². The van der Waals surface area contributed by atoms with Crippen LogP contribution in [-0.2, 0) is 0 Å². The molecule has 1 aromatic carbocycles. The molecule has 0 saturated heterocycles. The molecule has 0 aliphatic rings. The fourth-order valence-corrected chi connectivity index (χ4v) is 1.47. The average molecular weight is 249 g/mol. The Morgan fingerprint density at radius 2 is 2.06 bits per heavy atom. The molecule has 0 spiro atoms. The van der Waals surface area contributed by atoms with Gasteiger partial charge < -0.3 is 0 Å². The molecular weight excluding hydrogens is 242 g/mol. The van der Waals surface area contributed by atoms with Crippen molar-refractivity contribution in [2.24, 2.45) is 5.11 Å². The van der Waals surface area contributed by atoms with Gasteiger partial charge in [-0.15, -0.1) is 0 Å². The van der Waals surface area contributed by atoms with E-state index in [1.165, 1.54) is 6.20 Å². The van der Waals surface area contributed by atoms with E-state index in [-0.39, 0.29) is 10.7 Å². The summed E-state index contributed by atoms with van der Waals surface area (Å²) in [6.45, 7) is 0. The molecule has 0 bridgehead atoms. The zero-order valence-corrected chi connectivity index (χ0v) is 9.30. The Kier molecular flexibility index (Phi) is 3.09. The van der Waals surface area contributed by atoms with Gasteiger partial charge in [-0.1, -0.05) is 29.8 Å². The van der Waals surface area contributed by atoms with Crippen molar-refractivity contribution in [3.05, 3.63) is 51.9 Å². The highest BCUT2D eigenvalue weighted by atomic mass is 35.5. The second kappa shape index (κ2) is 4.69. The van der Waals surface area contributed by atoms with E-state index < -0.39 is 5.56 Å². The summed E-state index contributed by atoms with van der Waals surface area (Å²) in [4.78, 5) is 14.7. The first kappa shape index (κ1) is 11.2. The van der Waals surface area contributed by atoms with Gasteiger partial charge in [0.1, 0.15) is 10.6 Å². The number of rotatable bonds is 2. The Balaban J connectivity index is 2.64. The minimum absolute atomic E-state index is 0.0823. The molecule has 0 unspecified atom stereocenters. The predicted octanol–water partition coefficient (Wildman–Crippen LogP) is 2.07. The van der Waals surface area contributed by atoms with Gasteiger partial charge in [0.15, 0.2) is 10.8 Å². The molecule has 17 heavy (non-hydrogen) atoms. The van der Waals surface area contributed by atoms with Crippen LogP contribution in [0.1, 0.15) is 0 Å². The first-order chi connectivity index (χ1) is 8.24. The normalized spacial score (nSPS) is 9.71. The topological polar surface area (TPSA) is 85.2 Å². The molecule has 0 atom stereocenters. The van der Waals surface area contributed by atoms with Crippen molar-refractivity contribution in [2.75, 3.05) is 0 Å². The molecule has 0 aliphatic carbocycles. The smallest absolute Gasteiger partial charge is 0.266 e. The van der Waals surface area contributed by atoms with E-state index in [4.69, 9.17) is 17.1 Å². The summed E-state index contributed by atoms with van der Waals surface area (Å²) in [6, 6.07) is 8.87. The largest absolute Gasteiger partial charge is 0.292 e. The highest BCUT2D eigenvalue weighted by Crippen LogP contribution is 2.18. The monoisotopic (exact) mass is 248 g/mol. The fourth-order valence-electron chi connectivity index (χ4n) is 1.30. The zero-order valence-electron chi connectivity index (χ0n) is 8.54. The minimum Gasteiger partial charge on any atom is -0.266 e. The third-order valence-electron chi connectivity index (χ3n) is 2.06. The van der Waals surface area contributed by atoms with Crippen molar-refractivity contribution in [1.29, 1.82) is 5.53 Å². The second-order valence-corrected chi connectivity index (χ2v) is 3.47. The second-order valence-electron chi connectivity index (χ2n) is 3.10. The summed E-state index contributed by atoms with van der Waals surface area (Å²) < 4.78 is 1.16. The van der Waals surface area contributed by atoms with Crippen LogP contribution in [0.5, 0.6) is 0 Å². The summed E-state index contributed by atoms with van der Waals surface area (Å²) >= 11 is 5.82. The van der Waals surface area contributed by atoms with Gasteiger partial charge in [-0.2, -0.15) is 9.78 Å². The van der Waals surface area contributed by atoms with E-state index in [1.54, 1.807) is 24.3 Å². The Hall–Kier alpha value is -2.30. The van der Waals surface area contributed by atoms with Crippen LogP contribution in [0.4, 0.5) is 5.69 Å². The molecule has 1 aromatic heterocycles. The van der Waals surface area contributed by atoms with E-state index in [0.717, 1.165) is 4.68 Å². The fraction of sp³-hybridized carbons (Fsp3) is 0. The standard InChI is InChI=1S/C10H7ClN5O/c11-9-8(14-15-12)6-13-16(10(9)17)7-4-2-1-3-5-7/h1-6,12H/q+1. The lowest BCUT2D eigenvalue weighted by Gasteiger charge is -2.03. The minimum atomic E-state index is -0.497. The van der Waals surface area contributed by atoms with Crippen LogP contribution in [0.2, 0.25) is 5.02 Å². The van der Waals surface area contributed by atoms with E-state index in [9.17, 15) is 4.79 Å². The maximum absolute atomic E-state index is 11.9.